The van der Waals surface area contributed by atoms with Crippen LogP contribution in [0.5, 0.6) is 5.75 Å². The van der Waals surface area contributed by atoms with E-state index in [0.29, 0.717) is 11.6 Å². The Morgan fingerprint density at radius 1 is 1.35 bits per heavy atom. The summed E-state index contributed by atoms with van der Waals surface area (Å²) in [7, 11) is 1.61. The monoisotopic (exact) mass is 230 g/mol. The van der Waals surface area contributed by atoms with Gasteiger partial charge in [0.15, 0.2) is 11.6 Å². The predicted molar refractivity (Wildman–Crippen MR) is 66.0 cm³/mol. The summed E-state index contributed by atoms with van der Waals surface area (Å²) in [6.45, 7) is 2.78. The number of pyridine rings is 1. The van der Waals surface area contributed by atoms with Crippen LogP contribution in [0.3, 0.4) is 0 Å². The van der Waals surface area contributed by atoms with E-state index in [1.807, 2.05) is 19.1 Å². The van der Waals surface area contributed by atoms with Gasteiger partial charge in [-0.1, -0.05) is 0 Å². The predicted octanol–water partition coefficient (Wildman–Crippen LogP) is 1.98. The minimum absolute atomic E-state index is 0.641. The molecule has 5 nitrogen and oxygen atoms in total. The molecule has 0 saturated carbocycles. The van der Waals surface area contributed by atoms with E-state index in [0.717, 1.165) is 17.8 Å². The lowest BCUT2D eigenvalue weighted by atomic mass is 10.2. The molecule has 0 aliphatic heterocycles. The third-order valence-corrected chi connectivity index (χ3v) is 2.29. The second kappa shape index (κ2) is 5.25. The third-order valence-electron chi connectivity index (χ3n) is 2.29. The Morgan fingerprint density at radius 3 is 2.88 bits per heavy atom. The summed E-state index contributed by atoms with van der Waals surface area (Å²) >= 11 is 0. The molecule has 0 aliphatic carbocycles. The highest BCUT2D eigenvalue weighted by atomic mass is 16.5. The lowest BCUT2D eigenvalue weighted by Gasteiger charge is -2.11. The summed E-state index contributed by atoms with van der Waals surface area (Å²) < 4.78 is 5.37. The van der Waals surface area contributed by atoms with Crippen molar-refractivity contribution in [2.24, 2.45) is 0 Å². The van der Waals surface area contributed by atoms with E-state index >= 15 is 0 Å². The van der Waals surface area contributed by atoms with Gasteiger partial charge in [0.2, 0.25) is 0 Å². The lowest BCUT2D eigenvalue weighted by molar-refractivity contribution is 0.414. The van der Waals surface area contributed by atoms with E-state index in [1.165, 1.54) is 6.33 Å². The molecule has 0 saturated heterocycles. The molecule has 0 spiro atoms. The van der Waals surface area contributed by atoms with Crippen LogP contribution < -0.4 is 10.1 Å². The Labute approximate surface area is 99.9 Å². The van der Waals surface area contributed by atoms with Gasteiger partial charge < -0.3 is 10.1 Å². The Morgan fingerprint density at radius 2 is 2.24 bits per heavy atom. The van der Waals surface area contributed by atoms with Gasteiger partial charge in [-0.05, 0) is 19.1 Å². The first-order valence-corrected chi connectivity index (χ1v) is 5.40. The van der Waals surface area contributed by atoms with Crippen LogP contribution in [0.1, 0.15) is 6.92 Å². The molecule has 2 aromatic heterocycles. The molecule has 17 heavy (non-hydrogen) atoms. The van der Waals surface area contributed by atoms with Crippen molar-refractivity contribution in [2.45, 2.75) is 6.92 Å². The van der Waals surface area contributed by atoms with Crippen molar-refractivity contribution < 1.29 is 4.74 Å². The molecule has 0 aromatic carbocycles. The fourth-order valence-electron chi connectivity index (χ4n) is 1.57. The van der Waals surface area contributed by atoms with Gasteiger partial charge in [-0.15, -0.1) is 0 Å². The number of aromatic nitrogens is 3. The van der Waals surface area contributed by atoms with Gasteiger partial charge in [-0.25, -0.2) is 9.97 Å². The Bertz CT molecular complexity index is 487. The van der Waals surface area contributed by atoms with Crippen molar-refractivity contribution in [2.75, 3.05) is 19.0 Å². The molecule has 2 heterocycles. The molecule has 5 heteroatoms. The van der Waals surface area contributed by atoms with Crippen LogP contribution in [0.25, 0.3) is 11.3 Å². The summed E-state index contributed by atoms with van der Waals surface area (Å²) in [6, 6.07) is 3.80. The molecule has 1 N–H and O–H groups in total. The zero-order valence-electron chi connectivity index (χ0n) is 9.84. The van der Waals surface area contributed by atoms with Crippen molar-refractivity contribution in [1.29, 1.82) is 0 Å². The largest absolute Gasteiger partial charge is 0.491 e. The number of rotatable bonds is 4. The standard InChI is InChI=1S/C12H14N4O/c1-3-14-12-11(17-2)10(15-8-16-12)9-5-4-6-13-7-9/h4-8H,3H2,1-2H3,(H,14,15,16). The first kappa shape index (κ1) is 11.3. The van der Waals surface area contributed by atoms with Crippen LogP contribution >= 0.6 is 0 Å². The number of ether oxygens (including phenoxy) is 1. The first-order chi connectivity index (χ1) is 8.36. The van der Waals surface area contributed by atoms with Gasteiger partial charge in [0.1, 0.15) is 12.0 Å². The average Bonchev–Trinajstić information content (AvgIpc) is 2.40. The Kier molecular flexibility index (Phi) is 3.49. The van der Waals surface area contributed by atoms with Gasteiger partial charge in [0.25, 0.3) is 0 Å². The van der Waals surface area contributed by atoms with Gasteiger partial charge in [-0.3, -0.25) is 4.98 Å². The quantitative estimate of drug-likeness (QED) is 0.870. The van der Waals surface area contributed by atoms with Crippen molar-refractivity contribution in [3.63, 3.8) is 0 Å². The summed E-state index contributed by atoms with van der Waals surface area (Å²) in [5.74, 6) is 1.34. The molecular weight excluding hydrogens is 216 g/mol. The molecule has 0 amide bonds. The highest BCUT2D eigenvalue weighted by Gasteiger charge is 2.12. The second-order valence-corrected chi connectivity index (χ2v) is 3.38. The number of nitrogens with one attached hydrogen (secondary N) is 1. The highest BCUT2D eigenvalue weighted by Crippen LogP contribution is 2.32. The van der Waals surface area contributed by atoms with E-state index in [2.05, 4.69) is 20.3 Å². The number of anilines is 1. The Hall–Kier alpha value is -2.17. The van der Waals surface area contributed by atoms with Crippen molar-refractivity contribution in [1.82, 2.24) is 15.0 Å². The van der Waals surface area contributed by atoms with Crippen molar-refractivity contribution >= 4 is 5.82 Å². The molecule has 0 aliphatic rings. The maximum absolute atomic E-state index is 5.37. The molecule has 88 valence electrons. The maximum Gasteiger partial charge on any atom is 0.187 e. The molecule has 0 bridgehead atoms. The molecule has 2 rings (SSSR count). The molecular formula is C12H14N4O. The Balaban J connectivity index is 2.50. The molecule has 0 unspecified atom stereocenters. The van der Waals surface area contributed by atoms with Crippen LogP contribution in [0.15, 0.2) is 30.9 Å². The molecule has 0 radical (unpaired) electrons. The molecule has 0 fully saturated rings. The highest BCUT2D eigenvalue weighted by molar-refractivity contribution is 5.71. The van der Waals surface area contributed by atoms with Crippen molar-refractivity contribution in [3.8, 4) is 17.0 Å². The van der Waals surface area contributed by atoms with Crippen molar-refractivity contribution in [3.05, 3.63) is 30.9 Å². The van der Waals surface area contributed by atoms with Crippen LogP contribution in [-0.2, 0) is 0 Å². The number of methoxy groups -OCH3 is 1. The van der Waals surface area contributed by atoms with Gasteiger partial charge in [0.05, 0.1) is 7.11 Å². The van der Waals surface area contributed by atoms with Crippen LogP contribution in [-0.4, -0.2) is 28.6 Å². The van der Waals surface area contributed by atoms with E-state index in [9.17, 15) is 0 Å². The SMILES string of the molecule is CCNc1ncnc(-c2cccnc2)c1OC. The normalized spacial score (nSPS) is 10.0. The minimum atomic E-state index is 0.641. The first-order valence-electron chi connectivity index (χ1n) is 5.40. The number of nitrogens with zero attached hydrogens (tertiary/aromatic N) is 3. The summed E-state index contributed by atoms with van der Waals surface area (Å²) in [5.41, 5.74) is 1.65. The van der Waals surface area contributed by atoms with E-state index in [4.69, 9.17) is 4.74 Å². The zero-order chi connectivity index (χ0) is 12.1. The fourth-order valence-corrected chi connectivity index (χ4v) is 1.57. The van der Waals surface area contributed by atoms with Gasteiger partial charge in [0, 0.05) is 24.5 Å². The van der Waals surface area contributed by atoms with Crippen LogP contribution in [0, 0.1) is 0 Å². The minimum Gasteiger partial charge on any atom is -0.491 e. The number of hydrogen-bond donors (Lipinski definition) is 1. The maximum atomic E-state index is 5.37. The van der Waals surface area contributed by atoms with E-state index < -0.39 is 0 Å². The zero-order valence-corrected chi connectivity index (χ0v) is 9.84. The smallest absolute Gasteiger partial charge is 0.187 e. The fraction of sp³-hybridized carbons (Fsp3) is 0.250. The van der Waals surface area contributed by atoms with Crippen LogP contribution in [0.2, 0.25) is 0 Å². The summed E-state index contributed by atoms with van der Waals surface area (Å²) in [5, 5.41) is 3.14. The topological polar surface area (TPSA) is 59.9 Å². The van der Waals surface area contributed by atoms with E-state index in [-0.39, 0.29) is 0 Å². The van der Waals surface area contributed by atoms with Gasteiger partial charge in [-0.2, -0.15) is 0 Å². The second-order valence-electron chi connectivity index (χ2n) is 3.38. The van der Waals surface area contributed by atoms with Crippen LogP contribution in [0.4, 0.5) is 5.82 Å². The van der Waals surface area contributed by atoms with E-state index in [1.54, 1.807) is 19.5 Å². The molecule has 0 atom stereocenters. The number of hydrogen-bond acceptors (Lipinski definition) is 5. The third kappa shape index (κ3) is 2.33. The summed E-state index contributed by atoms with van der Waals surface area (Å²) in [4.78, 5) is 12.5. The van der Waals surface area contributed by atoms with Gasteiger partial charge >= 0.3 is 0 Å². The average molecular weight is 230 g/mol. The lowest BCUT2D eigenvalue weighted by Crippen LogP contribution is -2.04. The molecule has 2 aromatic rings. The summed E-state index contributed by atoms with van der Waals surface area (Å²) in [6.07, 6.45) is 4.99.